The van der Waals surface area contributed by atoms with Crippen LogP contribution in [0.3, 0.4) is 0 Å². The Kier molecular flexibility index (Phi) is 4.21. The fourth-order valence-corrected chi connectivity index (χ4v) is 2.50. The van der Waals surface area contributed by atoms with Crippen LogP contribution in [-0.4, -0.2) is 18.3 Å². The average Bonchev–Trinajstić information content (AvgIpc) is 2.32. The molecule has 1 rings (SSSR count). The Morgan fingerprint density at radius 1 is 1.67 bits per heavy atom. The van der Waals surface area contributed by atoms with E-state index in [0.717, 1.165) is 6.54 Å². The largest absolute Gasteiger partial charge is 0.395 e. The summed E-state index contributed by atoms with van der Waals surface area (Å²) in [6.07, 6.45) is 0. The fraction of sp³-hybridized carbons (Fsp3) is 0.500. The van der Waals surface area contributed by atoms with Gasteiger partial charge in [-0.05, 0) is 34.5 Å². The second-order valence-corrected chi connectivity index (χ2v) is 5.02. The van der Waals surface area contributed by atoms with Crippen LogP contribution in [0.15, 0.2) is 9.85 Å². The number of thiophene rings is 1. The first-order chi connectivity index (χ1) is 5.74. The predicted molar refractivity (Wildman–Crippen MR) is 55.5 cm³/mol. The fourth-order valence-electron chi connectivity index (χ4n) is 0.901. The van der Waals surface area contributed by atoms with Crippen molar-refractivity contribution in [1.29, 1.82) is 0 Å². The quantitative estimate of drug-likeness (QED) is 0.800. The minimum absolute atomic E-state index is 0.200. The lowest BCUT2D eigenvalue weighted by Crippen LogP contribution is -2.16. The van der Waals surface area contributed by atoms with Gasteiger partial charge in [0.05, 0.1) is 10.4 Å². The highest BCUT2D eigenvalue weighted by Crippen LogP contribution is 2.26. The number of aliphatic hydroxyl groups excluding tert-OH is 1. The van der Waals surface area contributed by atoms with Crippen LogP contribution in [0.1, 0.15) is 10.4 Å². The minimum Gasteiger partial charge on any atom is -0.395 e. The predicted octanol–water partition coefficient (Wildman–Crippen LogP) is 1.90. The van der Waals surface area contributed by atoms with Crippen molar-refractivity contribution < 1.29 is 5.11 Å². The summed E-state index contributed by atoms with van der Waals surface area (Å²) < 4.78 is 1.20. The van der Waals surface area contributed by atoms with Crippen LogP contribution in [0, 0.1) is 6.92 Å². The van der Waals surface area contributed by atoms with Gasteiger partial charge in [-0.1, -0.05) is 0 Å². The third kappa shape index (κ3) is 2.86. The smallest absolute Gasteiger partial charge is 0.0730 e. The van der Waals surface area contributed by atoms with Gasteiger partial charge in [0.2, 0.25) is 0 Å². The van der Waals surface area contributed by atoms with Crippen LogP contribution in [0.5, 0.6) is 0 Å². The summed E-state index contributed by atoms with van der Waals surface area (Å²) >= 11 is 5.20. The van der Waals surface area contributed by atoms with Gasteiger partial charge >= 0.3 is 0 Å². The molecule has 0 unspecified atom stereocenters. The van der Waals surface area contributed by atoms with Crippen molar-refractivity contribution >= 4 is 27.3 Å². The maximum Gasteiger partial charge on any atom is 0.0730 e. The average molecular weight is 250 g/mol. The van der Waals surface area contributed by atoms with Crippen molar-refractivity contribution in [2.45, 2.75) is 13.5 Å². The zero-order valence-electron chi connectivity index (χ0n) is 6.93. The van der Waals surface area contributed by atoms with Crippen molar-refractivity contribution in [1.82, 2.24) is 5.32 Å². The molecule has 0 aliphatic heterocycles. The topological polar surface area (TPSA) is 32.3 Å². The van der Waals surface area contributed by atoms with Gasteiger partial charge in [0.15, 0.2) is 0 Å². The van der Waals surface area contributed by atoms with Gasteiger partial charge in [-0.2, -0.15) is 0 Å². The molecule has 1 heterocycles. The minimum atomic E-state index is 0.200. The molecule has 0 amide bonds. The monoisotopic (exact) mass is 249 g/mol. The zero-order valence-corrected chi connectivity index (χ0v) is 9.33. The molecule has 0 bridgehead atoms. The van der Waals surface area contributed by atoms with E-state index in [0.29, 0.717) is 6.54 Å². The molecule has 0 spiro atoms. The highest BCUT2D eigenvalue weighted by atomic mass is 79.9. The summed E-state index contributed by atoms with van der Waals surface area (Å²) in [5.41, 5.74) is 1.28. The van der Waals surface area contributed by atoms with Crippen LogP contribution < -0.4 is 5.32 Å². The first-order valence-corrected chi connectivity index (χ1v) is 5.41. The van der Waals surface area contributed by atoms with Gasteiger partial charge in [-0.3, -0.25) is 0 Å². The molecule has 2 N–H and O–H groups in total. The van der Waals surface area contributed by atoms with Crippen molar-refractivity contribution in [3.8, 4) is 0 Å². The molecule has 0 aliphatic carbocycles. The summed E-state index contributed by atoms with van der Waals surface area (Å²) in [5, 5.41) is 11.7. The van der Waals surface area contributed by atoms with E-state index in [-0.39, 0.29) is 6.61 Å². The van der Waals surface area contributed by atoms with Crippen LogP contribution >= 0.6 is 27.3 Å². The Hall–Kier alpha value is 0.100. The number of hydrogen-bond acceptors (Lipinski definition) is 3. The van der Waals surface area contributed by atoms with Gasteiger partial charge in [-0.25, -0.2) is 0 Å². The van der Waals surface area contributed by atoms with Crippen LogP contribution in [0.25, 0.3) is 0 Å². The van der Waals surface area contributed by atoms with Crippen molar-refractivity contribution in [2.24, 2.45) is 0 Å². The van der Waals surface area contributed by atoms with E-state index in [1.54, 1.807) is 11.3 Å². The van der Waals surface area contributed by atoms with Crippen molar-refractivity contribution in [3.05, 3.63) is 20.3 Å². The van der Waals surface area contributed by atoms with E-state index in [9.17, 15) is 0 Å². The molecule has 0 saturated carbocycles. The molecular weight excluding hydrogens is 238 g/mol. The second-order valence-electron chi connectivity index (χ2n) is 2.57. The molecular formula is C8H12BrNOS. The standard InChI is InChI=1S/C8H12BrNOS/c1-6-4-7(12-8(6)9)5-10-2-3-11/h4,10-11H,2-3,5H2,1H3. The summed E-state index contributed by atoms with van der Waals surface area (Å²) in [6, 6.07) is 2.15. The summed E-state index contributed by atoms with van der Waals surface area (Å²) in [6.45, 7) is 3.79. The van der Waals surface area contributed by atoms with Crippen LogP contribution in [0.4, 0.5) is 0 Å². The Morgan fingerprint density at radius 3 is 2.92 bits per heavy atom. The Bertz CT molecular complexity index is 230. The van der Waals surface area contributed by atoms with E-state index in [1.807, 2.05) is 0 Å². The van der Waals surface area contributed by atoms with Crippen molar-refractivity contribution in [2.75, 3.05) is 13.2 Å². The van der Waals surface area contributed by atoms with E-state index in [2.05, 4.69) is 34.2 Å². The summed E-state index contributed by atoms with van der Waals surface area (Å²) in [5.74, 6) is 0. The molecule has 68 valence electrons. The van der Waals surface area contributed by atoms with Gasteiger partial charge in [0.1, 0.15) is 0 Å². The zero-order chi connectivity index (χ0) is 8.97. The van der Waals surface area contributed by atoms with E-state index in [1.165, 1.54) is 14.2 Å². The number of aliphatic hydroxyl groups is 1. The number of aryl methyl sites for hydroxylation is 1. The maximum atomic E-state index is 8.54. The Labute approximate surface area is 84.7 Å². The Morgan fingerprint density at radius 2 is 2.42 bits per heavy atom. The highest BCUT2D eigenvalue weighted by Gasteiger charge is 2.01. The number of nitrogens with one attached hydrogen (secondary N) is 1. The molecule has 1 aromatic heterocycles. The van der Waals surface area contributed by atoms with E-state index < -0.39 is 0 Å². The van der Waals surface area contributed by atoms with Gasteiger partial charge < -0.3 is 10.4 Å². The molecule has 0 aromatic carbocycles. The molecule has 1 aromatic rings. The van der Waals surface area contributed by atoms with Crippen molar-refractivity contribution in [3.63, 3.8) is 0 Å². The molecule has 0 radical (unpaired) electrons. The van der Waals surface area contributed by atoms with Gasteiger partial charge in [0, 0.05) is 18.0 Å². The summed E-state index contributed by atoms with van der Waals surface area (Å²) in [7, 11) is 0. The molecule has 4 heteroatoms. The van der Waals surface area contributed by atoms with Gasteiger partial charge in [0.25, 0.3) is 0 Å². The molecule has 0 aliphatic rings. The molecule has 0 fully saturated rings. The normalized spacial score (nSPS) is 10.6. The molecule has 12 heavy (non-hydrogen) atoms. The lowest BCUT2D eigenvalue weighted by Gasteiger charge is -1.97. The second kappa shape index (κ2) is 4.97. The number of rotatable bonds is 4. The first-order valence-electron chi connectivity index (χ1n) is 3.80. The lowest BCUT2D eigenvalue weighted by molar-refractivity contribution is 0.292. The number of hydrogen-bond donors (Lipinski definition) is 2. The van der Waals surface area contributed by atoms with Crippen LogP contribution in [0.2, 0.25) is 0 Å². The van der Waals surface area contributed by atoms with E-state index >= 15 is 0 Å². The molecule has 2 nitrogen and oxygen atoms in total. The Balaban J connectivity index is 2.42. The third-order valence-corrected chi connectivity index (χ3v) is 3.63. The van der Waals surface area contributed by atoms with Gasteiger partial charge in [-0.15, -0.1) is 11.3 Å². The molecule has 0 atom stereocenters. The maximum absolute atomic E-state index is 8.54. The lowest BCUT2D eigenvalue weighted by atomic mass is 10.3. The SMILES string of the molecule is Cc1cc(CNCCO)sc1Br. The van der Waals surface area contributed by atoms with E-state index in [4.69, 9.17) is 5.11 Å². The summed E-state index contributed by atoms with van der Waals surface area (Å²) in [4.78, 5) is 1.30. The highest BCUT2D eigenvalue weighted by molar-refractivity contribution is 9.11. The van der Waals surface area contributed by atoms with Crippen LogP contribution in [-0.2, 0) is 6.54 Å². The first kappa shape index (κ1) is 10.2. The molecule has 0 saturated heterocycles. The third-order valence-electron chi connectivity index (χ3n) is 1.50. The number of halogens is 1.